The third-order valence-electron chi connectivity index (χ3n) is 7.24. The van der Waals surface area contributed by atoms with E-state index in [0.29, 0.717) is 11.8 Å². The summed E-state index contributed by atoms with van der Waals surface area (Å²) >= 11 is 0. The topological polar surface area (TPSA) is 56.8 Å². The first-order valence-corrected chi connectivity index (χ1v) is 8.74. The molecule has 1 aromatic carbocycles. The van der Waals surface area contributed by atoms with E-state index in [1.165, 1.54) is 24.8 Å². The molecule has 3 unspecified atom stereocenters. The molecule has 116 valence electrons. The second kappa shape index (κ2) is 4.37. The zero-order chi connectivity index (χ0) is 15.7. The van der Waals surface area contributed by atoms with E-state index in [4.69, 9.17) is 4.74 Å². The number of hydrogen-bond donors (Lipinski definition) is 0. The van der Waals surface area contributed by atoms with Crippen LogP contribution in [0.5, 0.6) is 0 Å². The van der Waals surface area contributed by atoms with Gasteiger partial charge < -0.3 is 4.74 Å². The number of ether oxygens (including phenoxy) is 1. The van der Waals surface area contributed by atoms with Crippen LogP contribution in [0.2, 0.25) is 0 Å². The maximum Gasteiger partial charge on any atom is 0.163 e. The van der Waals surface area contributed by atoms with E-state index in [-0.39, 0.29) is 16.9 Å². The monoisotopic (exact) mass is 304 g/mol. The van der Waals surface area contributed by atoms with Crippen LogP contribution in [0.4, 0.5) is 0 Å². The van der Waals surface area contributed by atoms with E-state index in [2.05, 4.69) is 42.5 Å². The van der Waals surface area contributed by atoms with Crippen LogP contribution in [-0.4, -0.2) is 11.7 Å². The van der Waals surface area contributed by atoms with Gasteiger partial charge in [-0.3, -0.25) is 0 Å². The summed E-state index contributed by atoms with van der Waals surface area (Å²) in [5.74, 6) is 1.43. The summed E-state index contributed by atoms with van der Waals surface area (Å²) in [6.07, 6.45) is 5.40. The van der Waals surface area contributed by atoms with Crippen molar-refractivity contribution in [2.45, 2.75) is 49.2 Å². The molecular formula is C20H20N2O. The van der Waals surface area contributed by atoms with Gasteiger partial charge in [0.1, 0.15) is 5.92 Å². The number of benzene rings is 1. The smallest absolute Gasteiger partial charge is 0.163 e. The van der Waals surface area contributed by atoms with Crippen molar-refractivity contribution in [2.24, 2.45) is 23.7 Å². The molecule has 4 aliphatic carbocycles. The molecule has 0 amide bonds. The summed E-state index contributed by atoms with van der Waals surface area (Å²) in [4.78, 5) is 0. The molecule has 0 N–H and O–H groups in total. The van der Waals surface area contributed by atoms with Gasteiger partial charge in [0.15, 0.2) is 6.10 Å². The third kappa shape index (κ3) is 1.52. The molecule has 0 aromatic heterocycles. The predicted molar refractivity (Wildman–Crippen MR) is 84.0 cm³/mol. The first kappa shape index (κ1) is 13.6. The van der Waals surface area contributed by atoms with Crippen molar-refractivity contribution in [2.75, 3.05) is 0 Å². The minimum absolute atomic E-state index is 0.227. The molecule has 1 aromatic rings. The number of nitriles is 2. The molecule has 1 spiro atoms. The SMILES string of the molecule is N#C[C@H]1OC2([C@@H]3CC4C[C@H]2CC(c2ccccc2)(C4)C3)[C@H]1C#N. The lowest BCUT2D eigenvalue weighted by atomic mass is 9.40. The Morgan fingerprint density at radius 2 is 1.65 bits per heavy atom. The minimum atomic E-state index is -0.509. The zero-order valence-corrected chi connectivity index (χ0v) is 13.1. The first-order chi connectivity index (χ1) is 11.2. The fourth-order valence-electron chi connectivity index (χ4n) is 6.64. The lowest BCUT2D eigenvalue weighted by molar-refractivity contribution is -0.319. The van der Waals surface area contributed by atoms with Gasteiger partial charge in [-0.2, -0.15) is 10.5 Å². The molecule has 4 bridgehead atoms. The Morgan fingerprint density at radius 1 is 0.957 bits per heavy atom. The van der Waals surface area contributed by atoms with E-state index in [1.807, 2.05) is 0 Å². The standard InChI is InChI=1S/C20H20N2O/c21-11-17-18(12-22)23-20(17)15-6-13-7-16(20)10-19(8-13,9-15)14-4-2-1-3-5-14/h1-5,13,15-18H,6-10H2/t13?,15-,16+,17-,18+,19?,20?/m0/s1. The van der Waals surface area contributed by atoms with Crippen molar-refractivity contribution in [1.82, 2.24) is 0 Å². The molecule has 6 rings (SSSR count). The van der Waals surface area contributed by atoms with Gasteiger partial charge in [0.25, 0.3) is 0 Å². The normalized spacial score (nSPS) is 49.4. The molecule has 5 aliphatic rings. The molecule has 4 saturated carbocycles. The third-order valence-corrected chi connectivity index (χ3v) is 7.24. The summed E-state index contributed by atoms with van der Waals surface area (Å²) in [5, 5.41) is 18.9. The van der Waals surface area contributed by atoms with Crippen LogP contribution in [0.25, 0.3) is 0 Å². The first-order valence-electron chi connectivity index (χ1n) is 8.74. The van der Waals surface area contributed by atoms with Crippen molar-refractivity contribution in [3.63, 3.8) is 0 Å². The van der Waals surface area contributed by atoms with Gasteiger partial charge >= 0.3 is 0 Å². The summed E-state index contributed by atoms with van der Waals surface area (Å²) < 4.78 is 6.15. The number of hydrogen-bond acceptors (Lipinski definition) is 3. The molecule has 3 nitrogen and oxygen atoms in total. The van der Waals surface area contributed by atoms with Crippen LogP contribution in [0.15, 0.2) is 30.3 Å². The van der Waals surface area contributed by atoms with Crippen molar-refractivity contribution in [1.29, 1.82) is 10.5 Å². The molecule has 23 heavy (non-hydrogen) atoms. The Labute approximate surface area is 136 Å². The maximum absolute atomic E-state index is 9.64. The lowest BCUT2D eigenvalue weighted by Crippen LogP contribution is -2.74. The second-order valence-electron chi connectivity index (χ2n) is 8.12. The maximum atomic E-state index is 9.64. The highest BCUT2D eigenvalue weighted by atomic mass is 16.5. The average Bonchev–Trinajstić information content (AvgIpc) is 2.54. The Hall–Kier alpha value is -1.84. The van der Waals surface area contributed by atoms with Crippen molar-refractivity contribution in [3.8, 4) is 12.1 Å². The van der Waals surface area contributed by atoms with Crippen LogP contribution in [0.1, 0.15) is 37.7 Å². The van der Waals surface area contributed by atoms with E-state index in [1.54, 1.807) is 0 Å². The summed E-state index contributed by atoms with van der Waals surface area (Å²) in [6, 6.07) is 15.5. The predicted octanol–water partition coefficient (Wildman–Crippen LogP) is 3.57. The molecule has 7 atom stereocenters. The zero-order valence-electron chi connectivity index (χ0n) is 13.1. The van der Waals surface area contributed by atoms with E-state index in [0.717, 1.165) is 18.8 Å². The number of rotatable bonds is 1. The van der Waals surface area contributed by atoms with Gasteiger partial charge in [-0.15, -0.1) is 0 Å². The minimum Gasteiger partial charge on any atom is -0.353 e. The summed E-state index contributed by atoms with van der Waals surface area (Å²) in [7, 11) is 0. The van der Waals surface area contributed by atoms with Crippen LogP contribution >= 0.6 is 0 Å². The molecule has 1 heterocycles. The second-order valence-corrected chi connectivity index (χ2v) is 8.12. The van der Waals surface area contributed by atoms with Crippen molar-refractivity contribution < 1.29 is 4.74 Å². The van der Waals surface area contributed by atoms with Crippen LogP contribution in [0.3, 0.4) is 0 Å². The van der Waals surface area contributed by atoms with E-state index in [9.17, 15) is 10.5 Å². The van der Waals surface area contributed by atoms with E-state index < -0.39 is 6.10 Å². The highest BCUT2D eigenvalue weighted by Gasteiger charge is 2.72. The highest BCUT2D eigenvalue weighted by Crippen LogP contribution is 2.69. The van der Waals surface area contributed by atoms with Gasteiger partial charge in [0.2, 0.25) is 0 Å². The van der Waals surface area contributed by atoms with E-state index >= 15 is 0 Å². The number of nitrogens with zero attached hydrogens (tertiary/aromatic N) is 2. The Kier molecular flexibility index (Phi) is 2.58. The fraction of sp³-hybridized carbons (Fsp3) is 0.600. The Bertz CT molecular complexity index is 712. The fourth-order valence-corrected chi connectivity index (χ4v) is 6.64. The quantitative estimate of drug-likeness (QED) is 0.797. The highest BCUT2D eigenvalue weighted by molar-refractivity contribution is 5.34. The summed E-state index contributed by atoms with van der Waals surface area (Å²) in [6.45, 7) is 0. The van der Waals surface area contributed by atoms with Crippen LogP contribution in [0, 0.1) is 46.3 Å². The molecule has 1 saturated heterocycles. The molecular weight excluding hydrogens is 284 g/mol. The summed E-state index contributed by atoms with van der Waals surface area (Å²) in [5.41, 5.74) is 1.44. The average molecular weight is 304 g/mol. The molecule has 0 radical (unpaired) electrons. The Morgan fingerprint density at radius 3 is 2.26 bits per heavy atom. The molecule has 1 aliphatic heterocycles. The lowest BCUT2D eigenvalue weighted by Gasteiger charge is -2.70. The molecule has 5 fully saturated rings. The van der Waals surface area contributed by atoms with Gasteiger partial charge in [0.05, 0.1) is 17.7 Å². The van der Waals surface area contributed by atoms with Gasteiger partial charge in [-0.05, 0) is 60.8 Å². The van der Waals surface area contributed by atoms with Gasteiger partial charge in [-0.1, -0.05) is 30.3 Å². The van der Waals surface area contributed by atoms with Gasteiger partial charge in [0, 0.05) is 0 Å². The Balaban J connectivity index is 1.55. The largest absolute Gasteiger partial charge is 0.353 e. The van der Waals surface area contributed by atoms with Crippen LogP contribution in [-0.2, 0) is 10.2 Å². The van der Waals surface area contributed by atoms with Gasteiger partial charge in [-0.25, -0.2) is 0 Å². The van der Waals surface area contributed by atoms with Crippen LogP contribution < -0.4 is 0 Å². The van der Waals surface area contributed by atoms with Crippen molar-refractivity contribution >= 4 is 0 Å². The molecule has 3 heteroatoms. The van der Waals surface area contributed by atoms with Crippen molar-refractivity contribution in [3.05, 3.63) is 35.9 Å².